The van der Waals surface area contributed by atoms with Gasteiger partial charge < -0.3 is 14.2 Å². The minimum atomic E-state index is -1.23. The van der Waals surface area contributed by atoms with Crippen molar-refractivity contribution in [2.24, 2.45) is 16.2 Å². The van der Waals surface area contributed by atoms with E-state index in [0.717, 1.165) is 18.6 Å². The van der Waals surface area contributed by atoms with Crippen molar-refractivity contribution in [3.8, 4) is 0 Å². The number of piperidine rings is 1. The van der Waals surface area contributed by atoms with Gasteiger partial charge in [-0.05, 0) is 60.8 Å². The van der Waals surface area contributed by atoms with Gasteiger partial charge in [0, 0.05) is 19.0 Å². The van der Waals surface area contributed by atoms with Crippen LogP contribution in [0.3, 0.4) is 0 Å². The lowest BCUT2D eigenvalue weighted by Crippen LogP contribution is -2.47. The first-order valence-corrected chi connectivity index (χ1v) is 9.91. The molecule has 24 heavy (non-hydrogen) atoms. The Balaban J connectivity index is 2.79. The molecule has 0 spiro atoms. The Hall–Kier alpha value is -0.750. The van der Waals surface area contributed by atoms with Crippen LogP contribution in [0.5, 0.6) is 0 Å². The van der Waals surface area contributed by atoms with E-state index in [1.54, 1.807) is 4.90 Å². The highest BCUT2D eigenvalue weighted by atomic mass is 32.2. The summed E-state index contributed by atoms with van der Waals surface area (Å²) in [6, 6.07) is 0. The molecule has 0 aliphatic carbocycles. The molecule has 1 aliphatic heterocycles. The fourth-order valence-electron chi connectivity index (χ4n) is 2.82. The van der Waals surface area contributed by atoms with Crippen molar-refractivity contribution < 1.29 is 14.1 Å². The summed E-state index contributed by atoms with van der Waals surface area (Å²) in [6.07, 6.45) is 1.56. The predicted octanol–water partition coefficient (Wildman–Crippen LogP) is 4.19. The van der Waals surface area contributed by atoms with E-state index >= 15 is 0 Å². The summed E-state index contributed by atoms with van der Waals surface area (Å²) in [7, 11) is 0. The number of rotatable bonds is 3. The van der Waals surface area contributed by atoms with Crippen molar-refractivity contribution in [2.45, 2.75) is 78.6 Å². The van der Waals surface area contributed by atoms with Gasteiger partial charge >= 0.3 is 6.09 Å². The van der Waals surface area contributed by atoms with Crippen LogP contribution in [0.4, 0.5) is 4.79 Å². The molecule has 0 radical (unpaired) electrons. The van der Waals surface area contributed by atoms with Crippen molar-refractivity contribution >= 4 is 23.2 Å². The Labute approximate surface area is 150 Å². The zero-order valence-corrected chi connectivity index (χ0v) is 17.3. The number of nitrogens with zero attached hydrogens (tertiary/aromatic N) is 2. The van der Waals surface area contributed by atoms with Crippen LogP contribution in [0.1, 0.15) is 68.2 Å². The maximum absolute atomic E-state index is 12.3. The largest absolute Gasteiger partial charge is 0.591 e. The monoisotopic (exact) mass is 358 g/mol. The van der Waals surface area contributed by atoms with Crippen LogP contribution in [-0.2, 0) is 16.1 Å². The van der Waals surface area contributed by atoms with E-state index in [9.17, 15) is 9.35 Å². The van der Waals surface area contributed by atoms with E-state index in [-0.39, 0.29) is 16.8 Å². The topological polar surface area (TPSA) is 65.0 Å². The highest BCUT2D eigenvalue weighted by Gasteiger charge is 2.35. The standard InChI is InChI=1S/C18H34N2O3S/c1-9-14-12-20(16(21)23-17(3,4)5)11-10-15(14)13(2)19-24(22)18(6,7)8/h14-15H,9-12H2,1-8H3/t14-,15-,24?/m0/s1. The van der Waals surface area contributed by atoms with Crippen molar-refractivity contribution in [1.82, 2.24) is 4.90 Å². The average Bonchev–Trinajstić information content (AvgIpc) is 2.43. The minimum absolute atomic E-state index is 0.243. The van der Waals surface area contributed by atoms with Crippen LogP contribution >= 0.6 is 0 Å². The molecular weight excluding hydrogens is 324 g/mol. The molecule has 0 saturated carbocycles. The molecule has 3 atom stereocenters. The molecule has 1 rings (SSSR count). The Kier molecular flexibility index (Phi) is 7.17. The third kappa shape index (κ3) is 6.28. The van der Waals surface area contributed by atoms with Gasteiger partial charge in [-0.1, -0.05) is 17.7 Å². The van der Waals surface area contributed by atoms with Gasteiger partial charge in [0.15, 0.2) is 0 Å². The number of carbonyl (C=O) groups is 1. The predicted molar refractivity (Wildman–Crippen MR) is 101 cm³/mol. The van der Waals surface area contributed by atoms with Crippen LogP contribution in [0.15, 0.2) is 4.40 Å². The molecule has 0 aromatic heterocycles. The molecule has 0 N–H and O–H groups in total. The van der Waals surface area contributed by atoms with Crippen LogP contribution in [0.2, 0.25) is 0 Å². The zero-order valence-electron chi connectivity index (χ0n) is 16.5. The van der Waals surface area contributed by atoms with Gasteiger partial charge in [0.25, 0.3) is 0 Å². The summed E-state index contributed by atoms with van der Waals surface area (Å²) in [5, 5.41) is 0. The molecular formula is C18H34N2O3S. The lowest BCUT2D eigenvalue weighted by atomic mass is 9.81. The average molecular weight is 359 g/mol. The van der Waals surface area contributed by atoms with Gasteiger partial charge in [0.2, 0.25) is 0 Å². The van der Waals surface area contributed by atoms with Gasteiger partial charge in [0.1, 0.15) is 21.7 Å². The van der Waals surface area contributed by atoms with Gasteiger partial charge in [-0.3, -0.25) is 0 Å². The second-order valence-electron chi connectivity index (χ2n) is 8.58. The van der Waals surface area contributed by atoms with E-state index < -0.39 is 17.0 Å². The number of carbonyl (C=O) groups excluding carboxylic acids is 1. The smallest absolute Gasteiger partial charge is 0.410 e. The zero-order chi connectivity index (χ0) is 18.7. The molecule has 0 bridgehead atoms. The second-order valence-corrected chi connectivity index (χ2v) is 10.5. The van der Waals surface area contributed by atoms with E-state index in [1.807, 2.05) is 48.5 Å². The molecule has 140 valence electrons. The third-order valence-corrected chi connectivity index (χ3v) is 5.70. The number of amides is 1. The van der Waals surface area contributed by atoms with Crippen LogP contribution < -0.4 is 0 Å². The van der Waals surface area contributed by atoms with E-state index in [2.05, 4.69) is 11.3 Å². The summed E-state index contributed by atoms with van der Waals surface area (Å²) >= 11 is -1.23. The Morgan fingerprint density at radius 2 is 1.88 bits per heavy atom. The van der Waals surface area contributed by atoms with Crippen molar-refractivity contribution in [3.63, 3.8) is 0 Å². The summed E-state index contributed by atoms with van der Waals surface area (Å²) < 4.78 is 21.9. The molecule has 6 heteroatoms. The highest BCUT2D eigenvalue weighted by Crippen LogP contribution is 2.30. The SMILES string of the molecule is CC[C@H]1CN(C(=O)OC(C)(C)C)CC[C@H]1C(C)=N[S+]([O-])C(C)(C)C. The molecule has 1 aliphatic rings. The number of ether oxygens (including phenoxy) is 1. The summed E-state index contributed by atoms with van der Waals surface area (Å²) in [6.45, 7) is 16.9. The first-order chi connectivity index (χ1) is 10.8. The van der Waals surface area contributed by atoms with Crippen molar-refractivity contribution in [3.05, 3.63) is 0 Å². The molecule has 1 fully saturated rings. The van der Waals surface area contributed by atoms with Gasteiger partial charge in [-0.25, -0.2) is 4.79 Å². The summed E-state index contributed by atoms with van der Waals surface area (Å²) in [5.41, 5.74) is 0.468. The van der Waals surface area contributed by atoms with E-state index in [0.29, 0.717) is 19.0 Å². The molecule has 1 heterocycles. The highest BCUT2D eigenvalue weighted by molar-refractivity contribution is 7.91. The number of hydrogen-bond acceptors (Lipinski definition) is 4. The lowest BCUT2D eigenvalue weighted by Gasteiger charge is -2.38. The molecule has 5 nitrogen and oxygen atoms in total. The Morgan fingerprint density at radius 1 is 1.29 bits per heavy atom. The van der Waals surface area contributed by atoms with E-state index in [1.165, 1.54) is 0 Å². The normalized spacial score (nSPS) is 24.7. The molecule has 1 saturated heterocycles. The third-order valence-electron chi connectivity index (χ3n) is 4.20. The Morgan fingerprint density at radius 3 is 2.33 bits per heavy atom. The second kappa shape index (κ2) is 8.09. The first-order valence-electron chi connectivity index (χ1n) is 8.80. The summed E-state index contributed by atoms with van der Waals surface area (Å²) in [5.74, 6) is 0.604. The minimum Gasteiger partial charge on any atom is -0.591 e. The molecule has 0 aromatic carbocycles. The maximum atomic E-state index is 12.3. The number of likely N-dealkylation sites (tertiary alicyclic amines) is 1. The maximum Gasteiger partial charge on any atom is 0.410 e. The van der Waals surface area contributed by atoms with Crippen LogP contribution in [0.25, 0.3) is 0 Å². The summed E-state index contributed by atoms with van der Waals surface area (Å²) in [4.78, 5) is 14.1. The first kappa shape index (κ1) is 21.3. The van der Waals surface area contributed by atoms with Gasteiger partial charge in [-0.15, -0.1) is 0 Å². The van der Waals surface area contributed by atoms with E-state index in [4.69, 9.17) is 4.74 Å². The molecule has 1 unspecified atom stereocenters. The quantitative estimate of drug-likeness (QED) is 0.561. The molecule has 1 amide bonds. The molecule has 0 aromatic rings. The Bertz CT molecular complexity index is 466. The van der Waals surface area contributed by atoms with Crippen LogP contribution in [0, 0.1) is 11.8 Å². The fraction of sp³-hybridized carbons (Fsp3) is 0.889. The van der Waals surface area contributed by atoms with Gasteiger partial charge in [0.05, 0.1) is 5.71 Å². The number of hydrogen-bond donors (Lipinski definition) is 0. The van der Waals surface area contributed by atoms with Crippen molar-refractivity contribution in [2.75, 3.05) is 13.1 Å². The van der Waals surface area contributed by atoms with Gasteiger partial charge in [-0.2, -0.15) is 0 Å². The van der Waals surface area contributed by atoms with Crippen molar-refractivity contribution in [1.29, 1.82) is 0 Å². The lowest BCUT2D eigenvalue weighted by molar-refractivity contribution is 0.0136. The van der Waals surface area contributed by atoms with Crippen LogP contribution in [-0.4, -0.2) is 44.7 Å². The fourth-order valence-corrected chi connectivity index (χ4v) is 3.49.